The van der Waals surface area contributed by atoms with E-state index in [4.69, 9.17) is 0 Å². The van der Waals surface area contributed by atoms with Crippen molar-refractivity contribution in [3.8, 4) is 0 Å². The molecule has 0 aromatic carbocycles. The van der Waals surface area contributed by atoms with Crippen molar-refractivity contribution in [3.05, 3.63) is 0 Å². The molecule has 2 heteroatoms. The maximum Gasteiger partial charge on any atom is 0.0383 e. The maximum atomic E-state index is 4.35. The Morgan fingerprint density at radius 2 is 2.00 bits per heavy atom. The minimum Gasteiger partial charge on any atom is -0.316 e. The van der Waals surface area contributed by atoms with E-state index in [1.165, 1.54) is 0 Å². The lowest BCUT2D eigenvalue weighted by molar-refractivity contribution is 0.482. The van der Waals surface area contributed by atoms with E-state index in [9.17, 15) is 0 Å². The molecule has 0 bridgehead atoms. The Bertz CT molecular complexity index is 128. The van der Waals surface area contributed by atoms with E-state index < -0.39 is 0 Å². The van der Waals surface area contributed by atoms with Crippen molar-refractivity contribution in [3.63, 3.8) is 0 Å². The number of rotatable bonds is 6. The fourth-order valence-electron chi connectivity index (χ4n) is 0.934. The third kappa shape index (κ3) is 6.35. The van der Waals surface area contributed by atoms with Crippen molar-refractivity contribution < 1.29 is 0 Å². The van der Waals surface area contributed by atoms with Gasteiger partial charge < -0.3 is 5.32 Å². The number of aliphatic imine (C=N–C) groups is 1. The van der Waals surface area contributed by atoms with E-state index >= 15 is 0 Å². The van der Waals surface area contributed by atoms with E-state index in [0.29, 0.717) is 0 Å². The highest BCUT2D eigenvalue weighted by Crippen LogP contribution is 2.09. The molecule has 2 nitrogen and oxygen atoms in total. The van der Waals surface area contributed by atoms with Gasteiger partial charge in [-0.15, -0.1) is 0 Å². The third-order valence-corrected chi connectivity index (χ3v) is 1.62. The molecule has 0 aromatic heterocycles. The highest BCUT2D eigenvalue weighted by atomic mass is 14.9. The lowest BCUT2D eigenvalue weighted by Crippen LogP contribution is -2.30. The fraction of sp³-hybridized carbons (Fsp3) is 0.900. The third-order valence-electron chi connectivity index (χ3n) is 1.62. The first-order valence-electron chi connectivity index (χ1n) is 4.84. The predicted molar refractivity (Wildman–Crippen MR) is 56.0 cm³/mol. The largest absolute Gasteiger partial charge is 0.316 e. The number of nitrogens with one attached hydrogen (secondary N) is 1. The summed E-state index contributed by atoms with van der Waals surface area (Å²) in [6.07, 6.45) is 3.20. The molecule has 0 aliphatic heterocycles. The summed E-state index contributed by atoms with van der Waals surface area (Å²) in [6, 6.07) is 0. The van der Waals surface area contributed by atoms with Gasteiger partial charge in [0.1, 0.15) is 0 Å². The molecule has 0 saturated carbocycles. The molecular weight excluding hydrogens is 148 g/mol. The molecule has 1 N–H and O–H groups in total. The SMILES string of the molecule is CCCN=CC(C)(C)CNCC. The lowest BCUT2D eigenvalue weighted by atomic mass is 9.95. The molecule has 0 fully saturated rings. The minimum absolute atomic E-state index is 0.200. The Labute approximate surface area is 76.5 Å². The Kier molecular flexibility index (Phi) is 5.99. The van der Waals surface area contributed by atoms with Gasteiger partial charge in [0.15, 0.2) is 0 Å². The van der Waals surface area contributed by atoms with Gasteiger partial charge in [0.05, 0.1) is 0 Å². The van der Waals surface area contributed by atoms with Gasteiger partial charge >= 0.3 is 0 Å². The molecule has 0 saturated heterocycles. The first-order chi connectivity index (χ1) is 5.62. The zero-order valence-corrected chi connectivity index (χ0v) is 8.85. The topological polar surface area (TPSA) is 24.4 Å². The Hall–Kier alpha value is -0.370. The molecule has 0 aliphatic rings. The summed E-state index contributed by atoms with van der Waals surface area (Å²) in [5.74, 6) is 0. The average Bonchev–Trinajstić information content (AvgIpc) is 2.01. The Balaban J connectivity index is 3.69. The zero-order valence-electron chi connectivity index (χ0n) is 8.85. The van der Waals surface area contributed by atoms with Gasteiger partial charge in [-0.1, -0.05) is 27.7 Å². The summed E-state index contributed by atoms with van der Waals surface area (Å²) in [6.45, 7) is 11.7. The molecule has 0 atom stereocenters. The zero-order chi connectivity index (χ0) is 9.45. The van der Waals surface area contributed by atoms with Crippen LogP contribution in [0.15, 0.2) is 4.99 Å². The van der Waals surface area contributed by atoms with Gasteiger partial charge in [0.25, 0.3) is 0 Å². The van der Waals surface area contributed by atoms with Gasteiger partial charge in [0.2, 0.25) is 0 Å². The van der Waals surface area contributed by atoms with Crippen LogP contribution < -0.4 is 5.32 Å². The molecule has 12 heavy (non-hydrogen) atoms. The standard InChI is InChI=1S/C10H22N2/c1-5-7-12-9-10(3,4)8-11-6-2/h9,11H,5-8H2,1-4H3. The van der Waals surface area contributed by atoms with Crippen LogP contribution >= 0.6 is 0 Å². The van der Waals surface area contributed by atoms with Gasteiger partial charge in [0, 0.05) is 24.7 Å². The summed E-state index contributed by atoms with van der Waals surface area (Å²) in [7, 11) is 0. The molecular formula is C10H22N2. The van der Waals surface area contributed by atoms with Crippen LogP contribution in [0.4, 0.5) is 0 Å². The summed E-state index contributed by atoms with van der Waals surface area (Å²) in [5, 5.41) is 3.32. The van der Waals surface area contributed by atoms with Crippen molar-refractivity contribution in [1.82, 2.24) is 5.32 Å². The van der Waals surface area contributed by atoms with Crippen molar-refractivity contribution >= 4 is 6.21 Å². The Morgan fingerprint density at radius 3 is 2.50 bits per heavy atom. The predicted octanol–water partition coefficient (Wildman–Crippen LogP) is 2.10. The van der Waals surface area contributed by atoms with E-state index in [-0.39, 0.29) is 5.41 Å². The van der Waals surface area contributed by atoms with Crippen LogP contribution in [0, 0.1) is 5.41 Å². The quantitative estimate of drug-likeness (QED) is 0.607. The van der Waals surface area contributed by atoms with E-state index in [2.05, 4.69) is 44.2 Å². The van der Waals surface area contributed by atoms with Crippen LogP contribution in [0.2, 0.25) is 0 Å². The van der Waals surface area contributed by atoms with Crippen molar-refractivity contribution in [2.75, 3.05) is 19.6 Å². The highest BCUT2D eigenvalue weighted by molar-refractivity contribution is 5.64. The molecule has 0 amide bonds. The van der Waals surface area contributed by atoms with Crippen molar-refractivity contribution in [2.45, 2.75) is 34.1 Å². The molecule has 0 aliphatic carbocycles. The van der Waals surface area contributed by atoms with Gasteiger partial charge in [-0.2, -0.15) is 0 Å². The van der Waals surface area contributed by atoms with Crippen LogP contribution in [0.5, 0.6) is 0 Å². The maximum absolute atomic E-state index is 4.35. The van der Waals surface area contributed by atoms with Crippen LogP contribution in [0.25, 0.3) is 0 Å². The second kappa shape index (κ2) is 6.18. The van der Waals surface area contributed by atoms with Crippen LogP contribution in [-0.2, 0) is 0 Å². The van der Waals surface area contributed by atoms with Crippen LogP contribution in [-0.4, -0.2) is 25.8 Å². The molecule has 0 heterocycles. The summed E-state index contributed by atoms with van der Waals surface area (Å²) in [5.41, 5.74) is 0.200. The summed E-state index contributed by atoms with van der Waals surface area (Å²) >= 11 is 0. The number of nitrogens with zero attached hydrogens (tertiary/aromatic N) is 1. The lowest BCUT2D eigenvalue weighted by Gasteiger charge is -2.19. The molecule has 0 unspecified atom stereocenters. The number of hydrogen-bond donors (Lipinski definition) is 1. The van der Waals surface area contributed by atoms with E-state index in [1.54, 1.807) is 0 Å². The number of hydrogen-bond acceptors (Lipinski definition) is 2. The molecule has 72 valence electrons. The smallest absolute Gasteiger partial charge is 0.0383 e. The summed E-state index contributed by atoms with van der Waals surface area (Å²) in [4.78, 5) is 4.35. The highest BCUT2D eigenvalue weighted by Gasteiger charge is 2.12. The van der Waals surface area contributed by atoms with E-state index in [0.717, 1.165) is 26.1 Å². The van der Waals surface area contributed by atoms with Crippen molar-refractivity contribution in [2.24, 2.45) is 10.4 Å². The minimum atomic E-state index is 0.200. The average molecular weight is 170 g/mol. The van der Waals surface area contributed by atoms with Crippen LogP contribution in [0.3, 0.4) is 0 Å². The fourth-order valence-corrected chi connectivity index (χ4v) is 0.934. The monoisotopic (exact) mass is 170 g/mol. The molecule has 0 radical (unpaired) electrons. The first kappa shape index (κ1) is 11.6. The second-order valence-corrected chi connectivity index (χ2v) is 3.80. The summed E-state index contributed by atoms with van der Waals surface area (Å²) < 4.78 is 0. The molecule has 0 rings (SSSR count). The van der Waals surface area contributed by atoms with Gasteiger partial charge in [-0.3, -0.25) is 4.99 Å². The first-order valence-corrected chi connectivity index (χ1v) is 4.84. The molecule has 0 spiro atoms. The molecule has 0 aromatic rings. The van der Waals surface area contributed by atoms with E-state index in [1.807, 2.05) is 0 Å². The normalized spacial score (nSPS) is 12.7. The second-order valence-electron chi connectivity index (χ2n) is 3.80. The Morgan fingerprint density at radius 1 is 1.33 bits per heavy atom. The van der Waals surface area contributed by atoms with Crippen LogP contribution in [0.1, 0.15) is 34.1 Å². The van der Waals surface area contributed by atoms with Crippen molar-refractivity contribution in [1.29, 1.82) is 0 Å². The van der Waals surface area contributed by atoms with Gasteiger partial charge in [-0.25, -0.2) is 0 Å². The van der Waals surface area contributed by atoms with Gasteiger partial charge in [-0.05, 0) is 13.0 Å².